The van der Waals surface area contributed by atoms with Crippen molar-refractivity contribution in [1.82, 2.24) is 35.3 Å². The molecule has 0 spiro atoms. The first-order chi connectivity index (χ1) is 17.0. The number of anilines is 2. The highest BCUT2D eigenvalue weighted by atomic mass is 16.6. The van der Waals surface area contributed by atoms with Crippen molar-refractivity contribution in [3.8, 4) is 0 Å². The van der Waals surface area contributed by atoms with Crippen LogP contribution in [0.4, 0.5) is 16.4 Å². The van der Waals surface area contributed by atoms with Crippen molar-refractivity contribution in [2.24, 2.45) is 7.05 Å². The second kappa shape index (κ2) is 10.2. The Kier molecular flexibility index (Phi) is 6.82. The lowest BCUT2D eigenvalue weighted by Crippen LogP contribution is -2.33. The van der Waals surface area contributed by atoms with Crippen molar-refractivity contribution in [3.63, 3.8) is 0 Å². The van der Waals surface area contributed by atoms with Gasteiger partial charge in [0.1, 0.15) is 29.2 Å². The van der Waals surface area contributed by atoms with Crippen LogP contribution in [0, 0.1) is 0 Å². The summed E-state index contributed by atoms with van der Waals surface area (Å²) in [5.74, 6) is 1.53. The zero-order chi connectivity index (χ0) is 24.4. The Balaban J connectivity index is 1.24. The average molecular weight is 485 g/mol. The predicted octanol–water partition coefficient (Wildman–Crippen LogP) is 2.91. The molecule has 1 saturated carbocycles. The van der Waals surface area contributed by atoms with Crippen molar-refractivity contribution >= 4 is 28.8 Å². The molecule has 3 atom stereocenters. The molecule has 3 aromatic heterocycles. The maximum atomic E-state index is 11.9. The highest BCUT2D eigenvalue weighted by Gasteiger charge is 2.30. The van der Waals surface area contributed by atoms with Crippen LogP contribution in [-0.2, 0) is 27.9 Å². The van der Waals surface area contributed by atoms with Gasteiger partial charge in [-0.3, -0.25) is 9.78 Å². The van der Waals surface area contributed by atoms with Gasteiger partial charge in [0.15, 0.2) is 11.6 Å². The van der Waals surface area contributed by atoms with Gasteiger partial charge >= 0.3 is 6.09 Å². The van der Waals surface area contributed by atoms with Gasteiger partial charge in [0.25, 0.3) is 0 Å². The zero-order valence-electron chi connectivity index (χ0n) is 20.3. The number of nitrogens with one attached hydrogen (secondary N) is 3. The van der Waals surface area contributed by atoms with E-state index in [9.17, 15) is 4.79 Å². The summed E-state index contributed by atoms with van der Waals surface area (Å²) in [4.78, 5) is 20.8. The maximum absolute atomic E-state index is 11.9. The number of nitrogens with zero attached hydrogens (tertiary/aromatic N) is 5. The molecule has 0 bridgehead atoms. The molecule has 1 aliphatic heterocycles. The summed E-state index contributed by atoms with van der Waals surface area (Å²) in [6.07, 6.45) is 4.58. The standard InChI is InChI=1S/C23H32N8O4/c1-13(2)26-23(32)35-15-5-4-14(8-15)17-9-19(29-28-17)27-22-21-20(24-12-25-22)18(30-31(21)3)11-34-16-6-7-33-10-16/h9,12-16H,4-8,10-11H2,1-3H3,(H,26,32)(H2,24,25,27,28,29)/t14-,15+,16?/m0/s1. The van der Waals surface area contributed by atoms with Crippen molar-refractivity contribution in [2.45, 2.75) is 70.3 Å². The number of aromatic nitrogens is 6. The van der Waals surface area contributed by atoms with Crippen molar-refractivity contribution in [2.75, 3.05) is 18.5 Å². The summed E-state index contributed by atoms with van der Waals surface area (Å²) >= 11 is 0. The summed E-state index contributed by atoms with van der Waals surface area (Å²) in [5, 5.41) is 18.2. The molecule has 5 rings (SSSR count). The number of aromatic amines is 1. The highest BCUT2D eigenvalue weighted by molar-refractivity contribution is 5.88. The minimum absolute atomic E-state index is 0.0548. The number of ether oxygens (including phenoxy) is 3. The van der Waals surface area contributed by atoms with E-state index >= 15 is 0 Å². The SMILES string of the molecule is CC(C)NC(=O)O[C@@H]1CC[C@H](c2cc(Nc3ncnc4c(COC5CCOC5)nn(C)c34)n[nH]2)C1. The van der Waals surface area contributed by atoms with Gasteiger partial charge in [-0.1, -0.05) is 0 Å². The molecule has 3 aromatic rings. The third-order valence-corrected chi connectivity index (χ3v) is 6.38. The van der Waals surface area contributed by atoms with E-state index in [0.29, 0.717) is 24.8 Å². The molecular formula is C23H32N8O4. The van der Waals surface area contributed by atoms with E-state index in [4.69, 9.17) is 14.2 Å². The molecule has 12 nitrogen and oxygen atoms in total. The van der Waals surface area contributed by atoms with E-state index in [0.717, 1.165) is 54.7 Å². The van der Waals surface area contributed by atoms with Gasteiger partial charge in [-0.15, -0.1) is 0 Å². The first kappa shape index (κ1) is 23.5. The fraction of sp³-hybridized carbons (Fsp3) is 0.609. The van der Waals surface area contributed by atoms with E-state index < -0.39 is 0 Å². The molecule has 3 N–H and O–H groups in total. The molecule has 35 heavy (non-hydrogen) atoms. The van der Waals surface area contributed by atoms with E-state index in [1.54, 1.807) is 4.68 Å². The molecule has 4 heterocycles. The summed E-state index contributed by atoms with van der Waals surface area (Å²) in [6, 6.07) is 2.04. The van der Waals surface area contributed by atoms with Crippen LogP contribution in [0.5, 0.6) is 0 Å². The van der Waals surface area contributed by atoms with Gasteiger partial charge in [0.2, 0.25) is 0 Å². The molecule has 1 unspecified atom stereocenters. The van der Waals surface area contributed by atoms with Crippen LogP contribution in [0.25, 0.3) is 11.0 Å². The average Bonchev–Trinajstić information content (AvgIpc) is 3.60. The van der Waals surface area contributed by atoms with Crippen molar-refractivity contribution < 1.29 is 19.0 Å². The molecule has 2 fully saturated rings. The minimum atomic E-state index is -0.358. The number of fused-ring (bicyclic) bond motifs is 1. The van der Waals surface area contributed by atoms with Crippen LogP contribution >= 0.6 is 0 Å². The molecule has 1 amide bonds. The Morgan fingerprint density at radius 3 is 2.97 bits per heavy atom. The lowest BCUT2D eigenvalue weighted by Gasteiger charge is -2.14. The molecule has 1 aliphatic carbocycles. The Morgan fingerprint density at radius 1 is 1.29 bits per heavy atom. The van der Waals surface area contributed by atoms with Crippen LogP contribution in [0.1, 0.15) is 56.8 Å². The lowest BCUT2D eigenvalue weighted by atomic mass is 10.0. The van der Waals surface area contributed by atoms with E-state index in [2.05, 4.69) is 35.9 Å². The highest BCUT2D eigenvalue weighted by Crippen LogP contribution is 2.36. The molecule has 188 valence electrons. The number of amides is 1. The van der Waals surface area contributed by atoms with Crippen LogP contribution in [-0.4, -0.2) is 67.5 Å². The summed E-state index contributed by atoms with van der Waals surface area (Å²) in [6.45, 7) is 5.55. The van der Waals surface area contributed by atoms with E-state index in [1.165, 1.54) is 6.33 Å². The molecule has 2 aliphatic rings. The normalized spacial score (nSPS) is 22.2. The van der Waals surface area contributed by atoms with Gasteiger partial charge in [-0.25, -0.2) is 14.8 Å². The second-order valence-electron chi connectivity index (χ2n) is 9.46. The van der Waals surface area contributed by atoms with Gasteiger partial charge in [0.05, 0.1) is 19.3 Å². The molecule has 0 radical (unpaired) electrons. The number of carbonyl (C=O) groups excluding carboxylic acids is 1. The molecule has 0 aromatic carbocycles. The van der Waals surface area contributed by atoms with Crippen LogP contribution in [0.3, 0.4) is 0 Å². The number of aryl methyl sites for hydroxylation is 1. The van der Waals surface area contributed by atoms with E-state index in [1.807, 2.05) is 27.0 Å². The molecular weight excluding hydrogens is 452 g/mol. The second-order valence-corrected chi connectivity index (χ2v) is 9.46. The smallest absolute Gasteiger partial charge is 0.407 e. The summed E-state index contributed by atoms with van der Waals surface area (Å²) in [7, 11) is 1.86. The number of hydrogen-bond donors (Lipinski definition) is 3. The van der Waals surface area contributed by atoms with Gasteiger partial charge < -0.3 is 24.8 Å². The quantitative estimate of drug-likeness (QED) is 0.440. The Labute approximate surface area is 203 Å². The Bertz CT molecular complexity index is 1170. The number of hydrogen-bond acceptors (Lipinski definition) is 9. The van der Waals surface area contributed by atoms with Gasteiger partial charge in [-0.05, 0) is 39.5 Å². The maximum Gasteiger partial charge on any atom is 0.407 e. The third-order valence-electron chi connectivity index (χ3n) is 6.38. The monoisotopic (exact) mass is 484 g/mol. The summed E-state index contributed by atoms with van der Waals surface area (Å²) < 4.78 is 18.6. The number of carbonyl (C=O) groups is 1. The molecule has 1 saturated heterocycles. The first-order valence-corrected chi connectivity index (χ1v) is 12.1. The predicted molar refractivity (Wildman–Crippen MR) is 127 cm³/mol. The topological polar surface area (TPSA) is 141 Å². The minimum Gasteiger partial charge on any atom is -0.446 e. The summed E-state index contributed by atoms with van der Waals surface area (Å²) in [5.41, 5.74) is 3.30. The number of rotatable bonds is 8. The van der Waals surface area contributed by atoms with Gasteiger partial charge in [0, 0.05) is 37.4 Å². The zero-order valence-corrected chi connectivity index (χ0v) is 20.3. The number of H-pyrrole nitrogens is 1. The van der Waals surface area contributed by atoms with Crippen LogP contribution in [0.15, 0.2) is 12.4 Å². The first-order valence-electron chi connectivity index (χ1n) is 12.1. The van der Waals surface area contributed by atoms with E-state index in [-0.39, 0.29) is 30.3 Å². The Hall–Kier alpha value is -3.25. The van der Waals surface area contributed by atoms with Crippen LogP contribution < -0.4 is 10.6 Å². The van der Waals surface area contributed by atoms with Crippen molar-refractivity contribution in [1.29, 1.82) is 0 Å². The lowest BCUT2D eigenvalue weighted by molar-refractivity contribution is 0.0304. The fourth-order valence-corrected chi connectivity index (χ4v) is 4.69. The van der Waals surface area contributed by atoms with Gasteiger partial charge in [-0.2, -0.15) is 10.2 Å². The molecule has 12 heteroatoms. The third kappa shape index (κ3) is 5.38. The van der Waals surface area contributed by atoms with Crippen LogP contribution in [0.2, 0.25) is 0 Å². The number of alkyl carbamates (subject to hydrolysis) is 1. The largest absolute Gasteiger partial charge is 0.446 e. The van der Waals surface area contributed by atoms with Crippen molar-refractivity contribution in [3.05, 3.63) is 23.8 Å². The Morgan fingerprint density at radius 2 is 2.17 bits per heavy atom. The fourth-order valence-electron chi connectivity index (χ4n) is 4.69.